The largest absolute Gasteiger partial charge is 0.493 e. The van der Waals surface area contributed by atoms with E-state index in [4.69, 9.17) is 10.5 Å². The van der Waals surface area contributed by atoms with E-state index >= 15 is 0 Å². The van der Waals surface area contributed by atoms with Crippen molar-refractivity contribution in [2.24, 2.45) is 0 Å². The highest BCUT2D eigenvalue weighted by Gasteiger charge is 2.19. The van der Waals surface area contributed by atoms with Crippen LogP contribution in [-0.4, -0.2) is 30.6 Å². The number of carbonyl (C=O) groups is 1. The minimum absolute atomic E-state index is 0.191. The quantitative estimate of drug-likeness (QED) is 0.813. The van der Waals surface area contributed by atoms with Crippen molar-refractivity contribution in [3.63, 3.8) is 0 Å². The van der Waals surface area contributed by atoms with Gasteiger partial charge in [-0.1, -0.05) is 12.5 Å². The van der Waals surface area contributed by atoms with Crippen LogP contribution < -0.4 is 15.9 Å². The highest BCUT2D eigenvalue weighted by molar-refractivity contribution is 6.01. The van der Waals surface area contributed by atoms with E-state index < -0.39 is 0 Å². The van der Waals surface area contributed by atoms with Crippen molar-refractivity contribution >= 4 is 11.6 Å². The fraction of sp³-hybridized carbons (Fsp3) is 0.500. The first-order valence-electron chi connectivity index (χ1n) is 6.79. The number of carbonyl (C=O) groups excluding carboxylic acids is 1. The molecule has 5 nitrogen and oxygen atoms in total. The number of ether oxygens (including phenoxy) is 1. The van der Waals surface area contributed by atoms with Crippen molar-refractivity contribution in [3.8, 4) is 5.75 Å². The average Bonchev–Trinajstić information content (AvgIpc) is 2.40. The number of hydrogen-bond donors (Lipinski definition) is 2. The first-order chi connectivity index (χ1) is 9.22. The Hall–Kier alpha value is -1.75. The van der Waals surface area contributed by atoms with Gasteiger partial charge in [0.1, 0.15) is 11.3 Å². The van der Waals surface area contributed by atoms with Gasteiger partial charge in [0.15, 0.2) is 0 Å². The molecular formula is C14H21N3O2. The maximum absolute atomic E-state index is 12.3. The van der Waals surface area contributed by atoms with Gasteiger partial charge < -0.3 is 10.5 Å². The topological polar surface area (TPSA) is 67.6 Å². The van der Waals surface area contributed by atoms with Crippen molar-refractivity contribution in [1.29, 1.82) is 0 Å². The van der Waals surface area contributed by atoms with E-state index in [1.807, 2.05) is 11.9 Å². The lowest BCUT2D eigenvalue weighted by Crippen LogP contribution is -2.45. The lowest BCUT2D eigenvalue weighted by atomic mass is 10.1. The van der Waals surface area contributed by atoms with Crippen LogP contribution >= 0.6 is 0 Å². The Balaban J connectivity index is 2.13. The zero-order chi connectivity index (χ0) is 13.7. The summed E-state index contributed by atoms with van der Waals surface area (Å²) in [7, 11) is 0. The van der Waals surface area contributed by atoms with E-state index in [1.54, 1.807) is 18.2 Å². The summed E-state index contributed by atoms with van der Waals surface area (Å²) < 4.78 is 5.47. The van der Waals surface area contributed by atoms with Crippen LogP contribution in [0.4, 0.5) is 5.69 Å². The van der Waals surface area contributed by atoms with E-state index in [0.717, 1.165) is 25.9 Å². The average molecular weight is 263 g/mol. The number of benzene rings is 1. The molecule has 1 amide bonds. The van der Waals surface area contributed by atoms with Gasteiger partial charge in [0.25, 0.3) is 5.91 Å². The molecule has 0 atom stereocenters. The van der Waals surface area contributed by atoms with Gasteiger partial charge >= 0.3 is 0 Å². The molecule has 1 aromatic rings. The lowest BCUT2D eigenvalue weighted by Gasteiger charge is -2.27. The normalized spacial score (nSPS) is 16.1. The zero-order valence-electron chi connectivity index (χ0n) is 11.3. The molecule has 0 saturated carbocycles. The van der Waals surface area contributed by atoms with Gasteiger partial charge in [-0.15, -0.1) is 0 Å². The molecule has 0 aliphatic carbocycles. The Kier molecular flexibility index (Phi) is 4.63. The summed E-state index contributed by atoms with van der Waals surface area (Å²) in [4.78, 5) is 12.3. The Morgan fingerprint density at radius 3 is 2.79 bits per heavy atom. The maximum atomic E-state index is 12.3. The molecule has 1 fully saturated rings. The Morgan fingerprint density at radius 1 is 1.37 bits per heavy atom. The van der Waals surface area contributed by atoms with E-state index in [2.05, 4.69) is 5.43 Å². The number of nitrogens with one attached hydrogen (secondary N) is 1. The molecule has 19 heavy (non-hydrogen) atoms. The van der Waals surface area contributed by atoms with E-state index in [1.165, 1.54) is 6.42 Å². The Labute approximate surface area is 113 Å². The van der Waals surface area contributed by atoms with Gasteiger partial charge in [-0.05, 0) is 31.9 Å². The van der Waals surface area contributed by atoms with Gasteiger partial charge in [0.2, 0.25) is 0 Å². The van der Waals surface area contributed by atoms with Gasteiger partial charge in [0, 0.05) is 18.8 Å². The molecule has 2 rings (SSSR count). The Morgan fingerprint density at radius 2 is 2.11 bits per heavy atom. The summed E-state index contributed by atoms with van der Waals surface area (Å²) in [5.74, 6) is 0.348. The number of nitrogens with two attached hydrogens (primary N) is 1. The van der Waals surface area contributed by atoms with Crippen LogP contribution in [0.2, 0.25) is 0 Å². The van der Waals surface area contributed by atoms with E-state index in [0.29, 0.717) is 23.6 Å². The van der Waals surface area contributed by atoms with Crippen LogP contribution in [-0.2, 0) is 0 Å². The van der Waals surface area contributed by atoms with Crippen LogP contribution in [0.15, 0.2) is 18.2 Å². The number of rotatable bonds is 4. The van der Waals surface area contributed by atoms with Crippen LogP contribution in [0, 0.1) is 0 Å². The summed E-state index contributed by atoms with van der Waals surface area (Å²) in [6.45, 7) is 4.17. The molecule has 1 aliphatic rings. The molecule has 5 heteroatoms. The van der Waals surface area contributed by atoms with E-state index in [9.17, 15) is 4.79 Å². The molecule has 0 spiro atoms. The van der Waals surface area contributed by atoms with Crippen molar-refractivity contribution in [2.75, 3.05) is 25.4 Å². The first kappa shape index (κ1) is 13.7. The standard InChI is InChI=1S/C14H21N3O2/c1-2-19-12-8-6-7-11(15)13(12)14(18)16-17-9-4-3-5-10-17/h6-8H,2-5,9-10,15H2,1H3,(H,16,18). The SMILES string of the molecule is CCOc1cccc(N)c1C(=O)NN1CCCCC1. The number of hydrogen-bond acceptors (Lipinski definition) is 4. The fourth-order valence-electron chi connectivity index (χ4n) is 2.27. The van der Waals surface area contributed by atoms with Gasteiger partial charge in [0.05, 0.1) is 6.61 Å². The maximum Gasteiger partial charge on any atom is 0.271 e. The summed E-state index contributed by atoms with van der Waals surface area (Å²) >= 11 is 0. The van der Waals surface area contributed by atoms with Crippen LogP contribution in [0.1, 0.15) is 36.5 Å². The first-order valence-corrected chi connectivity index (χ1v) is 6.79. The second-order valence-electron chi connectivity index (χ2n) is 4.64. The van der Waals surface area contributed by atoms with Crippen molar-refractivity contribution in [2.45, 2.75) is 26.2 Å². The Bertz CT molecular complexity index is 442. The summed E-state index contributed by atoms with van der Waals surface area (Å²) in [6, 6.07) is 5.27. The second kappa shape index (κ2) is 6.43. The number of nitrogen functional groups attached to an aromatic ring is 1. The van der Waals surface area contributed by atoms with Crippen molar-refractivity contribution < 1.29 is 9.53 Å². The number of anilines is 1. The predicted octanol–water partition coefficient (Wildman–Crippen LogP) is 1.80. The number of hydrazine groups is 1. The molecule has 104 valence electrons. The van der Waals surface area contributed by atoms with E-state index in [-0.39, 0.29) is 5.91 Å². The summed E-state index contributed by atoms with van der Waals surface area (Å²) in [5, 5.41) is 1.95. The second-order valence-corrected chi connectivity index (χ2v) is 4.64. The molecule has 0 aromatic heterocycles. The number of piperidine rings is 1. The minimum Gasteiger partial charge on any atom is -0.493 e. The molecular weight excluding hydrogens is 242 g/mol. The van der Waals surface area contributed by atoms with Crippen LogP contribution in [0.25, 0.3) is 0 Å². The fourth-order valence-corrected chi connectivity index (χ4v) is 2.27. The third-order valence-electron chi connectivity index (χ3n) is 3.20. The number of amides is 1. The highest BCUT2D eigenvalue weighted by Crippen LogP contribution is 2.24. The van der Waals surface area contributed by atoms with Gasteiger partial charge in [-0.3, -0.25) is 10.2 Å². The van der Waals surface area contributed by atoms with Gasteiger partial charge in [-0.25, -0.2) is 5.01 Å². The minimum atomic E-state index is -0.191. The third kappa shape index (κ3) is 3.38. The molecule has 0 bridgehead atoms. The van der Waals surface area contributed by atoms with Crippen LogP contribution in [0.3, 0.4) is 0 Å². The molecule has 0 radical (unpaired) electrons. The zero-order valence-corrected chi connectivity index (χ0v) is 11.3. The summed E-state index contributed by atoms with van der Waals surface area (Å²) in [6.07, 6.45) is 3.45. The van der Waals surface area contributed by atoms with Crippen molar-refractivity contribution in [3.05, 3.63) is 23.8 Å². The molecule has 1 saturated heterocycles. The molecule has 1 heterocycles. The molecule has 3 N–H and O–H groups in total. The number of nitrogens with zero attached hydrogens (tertiary/aromatic N) is 1. The molecule has 0 unspecified atom stereocenters. The van der Waals surface area contributed by atoms with Gasteiger partial charge in [-0.2, -0.15) is 0 Å². The lowest BCUT2D eigenvalue weighted by molar-refractivity contribution is 0.0747. The summed E-state index contributed by atoms with van der Waals surface area (Å²) in [5.41, 5.74) is 9.68. The monoisotopic (exact) mass is 263 g/mol. The van der Waals surface area contributed by atoms with Crippen LogP contribution in [0.5, 0.6) is 5.75 Å². The smallest absolute Gasteiger partial charge is 0.271 e. The predicted molar refractivity (Wildman–Crippen MR) is 74.9 cm³/mol. The third-order valence-corrected chi connectivity index (χ3v) is 3.20. The molecule has 1 aliphatic heterocycles. The molecule has 1 aromatic carbocycles. The highest BCUT2D eigenvalue weighted by atomic mass is 16.5. The van der Waals surface area contributed by atoms with Crippen molar-refractivity contribution in [1.82, 2.24) is 10.4 Å².